The van der Waals surface area contributed by atoms with E-state index in [1.54, 1.807) is 6.92 Å². The Morgan fingerprint density at radius 2 is 1.92 bits per heavy atom. The Labute approximate surface area is 155 Å². The van der Waals surface area contributed by atoms with E-state index in [1.807, 2.05) is 30.3 Å². The van der Waals surface area contributed by atoms with Gasteiger partial charge in [-0.1, -0.05) is 30.3 Å². The average Bonchev–Trinajstić information content (AvgIpc) is 2.62. The van der Waals surface area contributed by atoms with Crippen LogP contribution in [0.25, 0.3) is 0 Å². The van der Waals surface area contributed by atoms with Gasteiger partial charge in [0.15, 0.2) is 5.96 Å². The van der Waals surface area contributed by atoms with E-state index in [-0.39, 0.29) is 11.9 Å². The zero-order chi connectivity index (χ0) is 19.4. The van der Waals surface area contributed by atoms with Crippen molar-refractivity contribution in [1.29, 1.82) is 0 Å². The molecule has 1 rings (SSSR count). The van der Waals surface area contributed by atoms with E-state index in [0.29, 0.717) is 19.5 Å². The zero-order valence-corrected chi connectivity index (χ0v) is 15.4. The maximum Gasteiger partial charge on any atom is 0.236 e. The van der Waals surface area contributed by atoms with Gasteiger partial charge in [0, 0.05) is 19.1 Å². The number of carbonyl (C=O) groups excluding carboxylic acids is 1. The van der Waals surface area contributed by atoms with E-state index in [2.05, 4.69) is 15.6 Å². The zero-order valence-electron chi connectivity index (χ0n) is 15.4. The Morgan fingerprint density at radius 3 is 2.58 bits per heavy atom. The SMILES string of the molecule is C[C@H](NC(O)[C@H](N)CCc1ccccc1)C(=O)NCCCCN=C(N)N. The highest BCUT2D eigenvalue weighted by atomic mass is 16.3. The number of aliphatic imine (C=N–C) groups is 1. The van der Waals surface area contributed by atoms with Crippen molar-refractivity contribution >= 4 is 11.9 Å². The number of nitrogens with zero attached hydrogens (tertiary/aromatic N) is 1. The summed E-state index contributed by atoms with van der Waals surface area (Å²) in [7, 11) is 0. The summed E-state index contributed by atoms with van der Waals surface area (Å²) in [5.41, 5.74) is 17.7. The molecule has 0 radical (unpaired) electrons. The summed E-state index contributed by atoms with van der Waals surface area (Å²) < 4.78 is 0. The van der Waals surface area contributed by atoms with Crippen molar-refractivity contribution in [2.75, 3.05) is 13.1 Å². The highest BCUT2D eigenvalue weighted by Crippen LogP contribution is 2.05. The molecule has 0 aliphatic carbocycles. The Bertz CT molecular complexity index is 548. The summed E-state index contributed by atoms with van der Waals surface area (Å²) in [6.45, 7) is 2.77. The average molecular weight is 364 g/mol. The molecule has 1 amide bonds. The molecule has 9 N–H and O–H groups in total. The summed E-state index contributed by atoms with van der Waals surface area (Å²) in [5.74, 6) is -0.106. The molecule has 146 valence electrons. The molecule has 0 saturated carbocycles. The Morgan fingerprint density at radius 1 is 1.23 bits per heavy atom. The summed E-state index contributed by atoms with van der Waals surface area (Å²) in [4.78, 5) is 15.9. The van der Waals surface area contributed by atoms with Crippen LogP contribution in [0.1, 0.15) is 31.7 Å². The monoisotopic (exact) mass is 364 g/mol. The number of rotatable bonds is 12. The van der Waals surface area contributed by atoms with E-state index < -0.39 is 18.3 Å². The Hall–Kier alpha value is -2.16. The number of aliphatic hydroxyl groups is 1. The topological polar surface area (TPSA) is 152 Å². The number of nitrogens with one attached hydrogen (secondary N) is 2. The number of hydrogen-bond donors (Lipinski definition) is 6. The maximum absolute atomic E-state index is 12.0. The second-order valence-electron chi connectivity index (χ2n) is 6.33. The molecule has 26 heavy (non-hydrogen) atoms. The fraction of sp³-hybridized carbons (Fsp3) is 0.556. The summed E-state index contributed by atoms with van der Waals surface area (Å²) in [5, 5.41) is 15.8. The molecule has 0 bridgehead atoms. The summed E-state index contributed by atoms with van der Waals surface area (Å²) in [6, 6.07) is 8.96. The van der Waals surface area contributed by atoms with Gasteiger partial charge in [0.05, 0.1) is 6.04 Å². The van der Waals surface area contributed by atoms with Crippen molar-refractivity contribution in [2.45, 2.75) is 50.9 Å². The lowest BCUT2D eigenvalue weighted by Gasteiger charge is -2.23. The lowest BCUT2D eigenvalue weighted by molar-refractivity contribution is -0.123. The lowest BCUT2D eigenvalue weighted by atomic mass is 10.0. The number of aliphatic hydroxyl groups excluding tert-OH is 1. The summed E-state index contributed by atoms with van der Waals surface area (Å²) in [6.07, 6.45) is 2.01. The standard InChI is InChI=1S/C18H32N6O2/c1-13(16(25)22-11-5-6-12-23-18(20)21)24-17(26)15(19)10-9-14-7-3-2-4-8-14/h2-4,7-8,13,15,17,24,26H,5-6,9-12,19H2,1H3,(H,22,25)(H4,20,21,23)/t13-,15+,17?/m0/s1. The minimum absolute atomic E-state index is 0.0736. The predicted molar refractivity (Wildman–Crippen MR) is 104 cm³/mol. The molecule has 1 aromatic carbocycles. The molecule has 8 heteroatoms. The van der Waals surface area contributed by atoms with Crippen molar-refractivity contribution in [2.24, 2.45) is 22.2 Å². The molecule has 0 saturated heterocycles. The highest BCUT2D eigenvalue weighted by molar-refractivity contribution is 5.81. The van der Waals surface area contributed by atoms with Crippen molar-refractivity contribution in [3.05, 3.63) is 35.9 Å². The van der Waals surface area contributed by atoms with E-state index in [9.17, 15) is 9.90 Å². The first-order valence-corrected chi connectivity index (χ1v) is 8.97. The fourth-order valence-corrected chi connectivity index (χ4v) is 2.40. The molecule has 1 unspecified atom stereocenters. The minimum Gasteiger partial charge on any atom is -0.377 e. The van der Waals surface area contributed by atoms with Gasteiger partial charge in [-0.05, 0) is 38.2 Å². The second kappa shape index (κ2) is 12.2. The van der Waals surface area contributed by atoms with Crippen LogP contribution in [0.4, 0.5) is 0 Å². The van der Waals surface area contributed by atoms with Crippen LogP contribution in [0.2, 0.25) is 0 Å². The number of benzene rings is 1. The number of amides is 1. The number of hydrogen-bond acceptors (Lipinski definition) is 5. The van der Waals surface area contributed by atoms with Gasteiger partial charge in [-0.3, -0.25) is 15.1 Å². The summed E-state index contributed by atoms with van der Waals surface area (Å²) >= 11 is 0. The predicted octanol–water partition coefficient (Wildman–Crippen LogP) is -0.587. The van der Waals surface area contributed by atoms with E-state index in [0.717, 1.165) is 19.3 Å². The normalized spacial score (nSPS) is 14.3. The van der Waals surface area contributed by atoms with Crippen molar-refractivity contribution in [3.63, 3.8) is 0 Å². The third-order valence-electron chi connectivity index (χ3n) is 4.01. The number of nitrogens with two attached hydrogens (primary N) is 3. The third-order valence-corrected chi connectivity index (χ3v) is 4.01. The molecule has 0 aliphatic rings. The van der Waals surface area contributed by atoms with Gasteiger partial charge in [-0.2, -0.15) is 0 Å². The van der Waals surface area contributed by atoms with Gasteiger partial charge < -0.3 is 27.6 Å². The Kier molecular flexibility index (Phi) is 10.3. The maximum atomic E-state index is 12.0. The molecule has 0 aromatic heterocycles. The number of aryl methyl sites for hydroxylation is 1. The molecular weight excluding hydrogens is 332 g/mol. The first-order chi connectivity index (χ1) is 12.4. The van der Waals surface area contributed by atoms with Crippen LogP contribution in [0.5, 0.6) is 0 Å². The highest BCUT2D eigenvalue weighted by Gasteiger charge is 2.20. The van der Waals surface area contributed by atoms with Gasteiger partial charge >= 0.3 is 0 Å². The molecule has 0 heterocycles. The van der Waals surface area contributed by atoms with E-state index in [4.69, 9.17) is 17.2 Å². The third kappa shape index (κ3) is 9.36. The van der Waals surface area contributed by atoms with Crippen molar-refractivity contribution in [1.82, 2.24) is 10.6 Å². The molecule has 0 spiro atoms. The fourth-order valence-electron chi connectivity index (χ4n) is 2.40. The lowest BCUT2D eigenvalue weighted by Crippen LogP contribution is -2.53. The van der Waals surface area contributed by atoms with E-state index in [1.165, 1.54) is 5.56 Å². The van der Waals surface area contributed by atoms with E-state index >= 15 is 0 Å². The van der Waals surface area contributed by atoms with Crippen LogP contribution in [0.3, 0.4) is 0 Å². The van der Waals surface area contributed by atoms with Crippen molar-refractivity contribution in [3.8, 4) is 0 Å². The van der Waals surface area contributed by atoms with Crippen LogP contribution in [0, 0.1) is 0 Å². The van der Waals surface area contributed by atoms with Crippen LogP contribution in [0.15, 0.2) is 35.3 Å². The molecule has 8 nitrogen and oxygen atoms in total. The molecule has 1 aromatic rings. The number of carbonyl (C=O) groups is 1. The first kappa shape index (κ1) is 21.9. The van der Waals surface area contributed by atoms with Gasteiger partial charge in [0.1, 0.15) is 6.23 Å². The smallest absolute Gasteiger partial charge is 0.236 e. The number of guanidine groups is 1. The minimum atomic E-state index is -0.943. The van der Waals surface area contributed by atoms with Gasteiger partial charge in [-0.15, -0.1) is 0 Å². The van der Waals surface area contributed by atoms with Crippen molar-refractivity contribution < 1.29 is 9.90 Å². The quantitative estimate of drug-likeness (QED) is 0.126. The Balaban J connectivity index is 2.21. The first-order valence-electron chi connectivity index (χ1n) is 8.97. The van der Waals surface area contributed by atoms with Gasteiger partial charge in [-0.25, -0.2) is 0 Å². The van der Waals surface area contributed by atoms with Crippen LogP contribution in [-0.2, 0) is 11.2 Å². The molecule has 3 atom stereocenters. The van der Waals surface area contributed by atoms with Crippen LogP contribution >= 0.6 is 0 Å². The van der Waals surface area contributed by atoms with Gasteiger partial charge in [0.2, 0.25) is 5.91 Å². The number of unbranched alkanes of at least 4 members (excludes halogenated alkanes) is 1. The largest absolute Gasteiger partial charge is 0.377 e. The second-order valence-corrected chi connectivity index (χ2v) is 6.33. The molecule has 0 aliphatic heterocycles. The molecular formula is C18H32N6O2. The molecule has 0 fully saturated rings. The van der Waals surface area contributed by atoms with Crippen LogP contribution in [-0.4, -0.2) is 48.4 Å². The van der Waals surface area contributed by atoms with Gasteiger partial charge in [0.25, 0.3) is 0 Å². The van der Waals surface area contributed by atoms with Crippen LogP contribution < -0.4 is 27.8 Å².